The van der Waals surface area contributed by atoms with E-state index in [1.807, 2.05) is 0 Å². The van der Waals surface area contributed by atoms with Gasteiger partial charge in [-0.1, -0.05) is 0 Å². The molecule has 19 heavy (non-hydrogen) atoms. The molecule has 0 spiro atoms. The quantitative estimate of drug-likeness (QED) is 0.692. The van der Waals surface area contributed by atoms with Gasteiger partial charge in [-0.2, -0.15) is 0 Å². The second-order valence-corrected chi connectivity index (χ2v) is 6.96. The summed E-state index contributed by atoms with van der Waals surface area (Å²) in [7, 11) is 0. The molecule has 0 heterocycles. The van der Waals surface area contributed by atoms with Crippen molar-refractivity contribution in [3.05, 3.63) is 29.8 Å². The third-order valence-corrected chi connectivity index (χ3v) is 5.97. The molecule has 0 aromatic heterocycles. The molecule has 1 aliphatic carbocycles. The summed E-state index contributed by atoms with van der Waals surface area (Å²) in [5.41, 5.74) is 0.250. The number of aliphatic hydroxyl groups is 1. The van der Waals surface area contributed by atoms with Crippen LogP contribution in [0.1, 0.15) is 23.2 Å². The molecule has 4 nitrogen and oxygen atoms in total. The molecule has 2 unspecified atom stereocenters. The predicted octanol–water partition coefficient (Wildman–Crippen LogP) is 1.43. The van der Waals surface area contributed by atoms with Crippen molar-refractivity contribution in [3.8, 4) is 5.75 Å². The predicted molar refractivity (Wildman–Crippen MR) is 74.5 cm³/mol. The number of amides is 1. The van der Waals surface area contributed by atoms with Crippen LogP contribution in [0.25, 0.3) is 0 Å². The summed E-state index contributed by atoms with van der Waals surface area (Å²) in [4.78, 5) is 12.2. The minimum atomic E-state index is -0.479. The zero-order valence-electron chi connectivity index (χ0n) is 10.9. The van der Waals surface area contributed by atoms with Crippen LogP contribution in [0, 0.1) is 5.92 Å². The Morgan fingerprint density at radius 2 is 2.16 bits per heavy atom. The number of benzene rings is 1. The molecule has 2 rings (SSSR count). The summed E-state index contributed by atoms with van der Waals surface area (Å²) in [5.74, 6) is 2.40. The van der Waals surface area contributed by atoms with Gasteiger partial charge in [-0.25, -0.2) is 0 Å². The van der Waals surface area contributed by atoms with Gasteiger partial charge in [0.25, 0.3) is 0 Å². The number of para-hydroxylation sites is 1. The van der Waals surface area contributed by atoms with E-state index in [1.54, 1.807) is 18.2 Å². The van der Waals surface area contributed by atoms with Gasteiger partial charge >= 0.3 is 119 Å². The van der Waals surface area contributed by atoms with Gasteiger partial charge < -0.3 is 0 Å². The van der Waals surface area contributed by atoms with Gasteiger partial charge in [0.05, 0.1) is 0 Å². The number of hydrogen-bond acceptors (Lipinski definition) is 3. The topological polar surface area (TPSA) is 69.6 Å². The molecule has 1 aromatic carbocycles. The van der Waals surface area contributed by atoms with Gasteiger partial charge in [-0.05, 0) is 0 Å². The Balaban J connectivity index is 1.88. The first kappa shape index (κ1) is 14.4. The number of rotatable bonds is 6. The van der Waals surface area contributed by atoms with Crippen LogP contribution in [0.3, 0.4) is 0 Å². The fourth-order valence-corrected chi connectivity index (χ4v) is 4.40. The molecule has 5 heteroatoms. The molecule has 1 aromatic rings. The zero-order chi connectivity index (χ0) is 13.8. The number of aromatic hydroxyl groups is 1. The van der Waals surface area contributed by atoms with Crippen LogP contribution in [0.5, 0.6) is 5.75 Å². The van der Waals surface area contributed by atoms with E-state index in [-0.39, 0.29) is 23.8 Å². The van der Waals surface area contributed by atoms with Crippen molar-refractivity contribution < 1.29 is 15.0 Å². The molecule has 1 aliphatic rings. The number of phenolic OH excluding ortho intramolecular Hbond substituents is 1. The molecule has 0 bridgehead atoms. The van der Waals surface area contributed by atoms with Crippen molar-refractivity contribution in [3.63, 3.8) is 0 Å². The number of nitrogens with one attached hydrogen (secondary N) is 1. The molecule has 2 atom stereocenters. The first-order valence-electron chi connectivity index (χ1n) is 6.40. The molecule has 1 saturated carbocycles. The van der Waals surface area contributed by atoms with E-state index in [4.69, 9.17) is 0 Å². The van der Waals surface area contributed by atoms with E-state index in [9.17, 15) is 15.0 Å². The average molecular weight is 328 g/mol. The second-order valence-electron chi connectivity index (χ2n) is 4.83. The molecule has 104 valence electrons. The number of hydrogen-bond donors (Lipinski definition) is 3. The van der Waals surface area contributed by atoms with Crippen molar-refractivity contribution in [2.75, 3.05) is 6.54 Å². The van der Waals surface area contributed by atoms with Crippen molar-refractivity contribution in [1.82, 2.24) is 5.32 Å². The molecule has 0 radical (unpaired) electrons. The number of carbonyl (C=O) groups excluding carboxylic acids is 1. The second kappa shape index (κ2) is 6.42. The number of phenols is 1. The Kier molecular flexibility index (Phi) is 4.86. The molecular weight excluding hydrogens is 309 g/mol. The van der Waals surface area contributed by atoms with Crippen molar-refractivity contribution in [1.29, 1.82) is 0 Å². The summed E-state index contributed by atoms with van der Waals surface area (Å²) in [5, 5.41) is 22.4. The van der Waals surface area contributed by atoms with Gasteiger partial charge in [0, 0.05) is 0 Å². The summed E-state index contributed by atoms with van der Waals surface area (Å²) in [6.07, 6.45) is 1.92. The monoisotopic (exact) mass is 329 g/mol. The van der Waals surface area contributed by atoms with E-state index < -0.39 is 6.10 Å². The van der Waals surface area contributed by atoms with Gasteiger partial charge in [0.1, 0.15) is 0 Å². The first-order valence-corrected chi connectivity index (χ1v) is 9.10. The van der Waals surface area contributed by atoms with Crippen LogP contribution in [-0.2, 0) is 0 Å². The summed E-state index contributed by atoms with van der Waals surface area (Å²) >= 11 is 0.389. The fourth-order valence-electron chi connectivity index (χ4n) is 2.16. The standard InChI is InChI=1S/C14H19NO3Se/c1-19-13(9-6-7-9)12(17)8-15-14(18)10-4-2-3-5-11(10)16/h2-5,9,12-13,16-17H,6-8H2,1H3,(H,15,18). The molecular formula is C14H19NO3Se. The summed E-state index contributed by atoms with van der Waals surface area (Å²) in [6, 6.07) is 6.42. The third-order valence-electron chi connectivity index (χ3n) is 3.36. The van der Waals surface area contributed by atoms with Gasteiger partial charge in [0.2, 0.25) is 0 Å². The maximum absolute atomic E-state index is 11.9. The van der Waals surface area contributed by atoms with Crippen LogP contribution >= 0.6 is 0 Å². The number of carbonyl (C=O) groups is 1. The van der Waals surface area contributed by atoms with E-state index in [1.165, 1.54) is 18.9 Å². The van der Waals surface area contributed by atoms with Crippen LogP contribution in [0.4, 0.5) is 0 Å². The van der Waals surface area contributed by atoms with Crippen molar-refractivity contribution in [2.45, 2.75) is 29.6 Å². The molecule has 0 aliphatic heterocycles. The zero-order valence-corrected chi connectivity index (χ0v) is 12.6. The normalized spacial score (nSPS) is 17.8. The summed E-state index contributed by atoms with van der Waals surface area (Å²) < 4.78 is 0. The Labute approximate surface area is 119 Å². The Bertz CT molecular complexity index is 448. The van der Waals surface area contributed by atoms with E-state index >= 15 is 0 Å². The number of aliphatic hydroxyl groups excluding tert-OH is 1. The van der Waals surface area contributed by atoms with Crippen LogP contribution in [0.15, 0.2) is 24.3 Å². The van der Waals surface area contributed by atoms with E-state index in [0.29, 0.717) is 25.7 Å². The summed E-state index contributed by atoms with van der Waals surface area (Å²) in [6.45, 7) is 0.254. The van der Waals surface area contributed by atoms with Crippen LogP contribution in [-0.4, -0.2) is 43.7 Å². The minimum absolute atomic E-state index is 0.0343. The van der Waals surface area contributed by atoms with Crippen LogP contribution in [0.2, 0.25) is 10.6 Å². The first-order chi connectivity index (χ1) is 9.13. The molecule has 3 N–H and O–H groups in total. The third kappa shape index (κ3) is 3.72. The van der Waals surface area contributed by atoms with Gasteiger partial charge in [-0.3, -0.25) is 0 Å². The maximum atomic E-state index is 11.9. The molecule has 1 fully saturated rings. The molecule has 0 saturated heterocycles. The molecule has 1 amide bonds. The average Bonchev–Trinajstić information content (AvgIpc) is 3.22. The SMILES string of the molecule is C[Se]C(C(O)CNC(=O)c1ccccc1O)C1CC1. The van der Waals surface area contributed by atoms with E-state index in [0.717, 1.165) is 0 Å². The van der Waals surface area contributed by atoms with Gasteiger partial charge in [-0.15, -0.1) is 0 Å². The van der Waals surface area contributed by atoms with Gasteiger partial charge in [0.15, 0.2) is 0 Å². The van der Waals surface area contributed by atoms with Crippen molar-refractivity contribution in [2.24, 2.45) is 5.92 Å². The Hall–Kier alpha value is -1.03. The fraction of sp³-hybridized carbons (Fsp3) is 0.500. The van der Waals surface area contributed by atoms with E-state index in [2.05, 4.69) is 11.1 Å². The van der Waals surface area contributed by atoms with Crippen LogP contribution < -0.4 is 5.32 Å². The van der Waals surface area contributed by atoms with Crippen molar-refractivity contribution >= 4 is 20.9 Å². The Morgan fingerprint density at radius 3 is 2.74 bits per heavy atom. The Morgan fingerprint density at radius 1 is 1.47 bits per heavy atom.